The lowest BCUT2D eigenvalue weighted by molar-refractivity contribution is -0.299. The molecule has 1 saturated heterocycles. The highest BCUT2D eigenvalue weighted by Crippen LogP contribution is 2.50. The van der Waals surface area contributed by atoms with Crippen molar-refractivity contribution in [1.29, 1.82) is 0 Å². The van der Waals surface area contributed by atoms with E-state index in [1.807, 2.05) is 6.92 Å². The Morgan fingerprint density at radius 3 is 2.46 bits per heavy atom. The van der Waals surface area contributed by atoms with Gasteiger partial charge < -0.3 is 34.8 Å². The van der Waals surface area contributed by atoms with Gasteiger partial charge in [0.1, 0.15) is 12.2 Å². The molecule has 0 spiro atoms. The van der Waals surface area contributed by atoms with Gasteiger partial charge >= 0.3 is 5.97 Å². The minimum absolute atomic E-state index is 0.0238. The fourth-order valence-electron chi connectivity index (χ4n) is 6.27. The lowest BCUT2D eigenvalue weighted by Gasteiger charge is -2.43. The quantitative estimate of drug-likeness (QED) is 0.421. The average Bonchev–Trinajstić information content (AvgIpc) is 3.34. The number of hydrogen-bond acceptors (Lipinski definition) is 10. The number of para-hydroxylation sites is 1. The topological polar surface area (TPSA) is 171 Å². The van der Waals surface area contributed by atoms with Crippen molar-refractivity contribution in [2.45, 2.75) is 63.8 Å². The number of allylic oxidation sites excluding steroid dienone is 8. The lowest BCUT2D eigenvalue weighted by atomic mass is 9.79. The highest BCUT2D eigenvalue weighted by atomic mass is 16.7. The molecule has 0 amide bonds. The molecule has 11 nitrogen and oxygen atoms in total. The van der Waals surface area contributed by atoms with Crippen LogP contribution in [0.3, 0.4) is 0 Å². The van der Waals surface area contributed by atoms with E-state index < -0.39 is 64.9 Å². The molecule has 6 rings (SSSR count). The zero-order valence-electron chi connectivity index (χ0n) is 22.4. The minimum Gasteiger partial charge on any atom is -0.478 e. The van der Waals surface area contributed by atoms with Gasteiger partial charge in [0.15, 0.2) is 22.9 Å². The number of ether oxygens (including phenoxy) is 2. The van der Waals surface area contributed by atoms with Gasteiger partial charge in [-0.3, -0.25) is 14.4 Å². The summed E-state index contributed by atoms with van der Waals surface area (Å²) in [5, 5.41) is 42.4. The van der Waals surface area contributed by atoms with E-state index in [-0.39, 0.29) is 27.9 Å². The maximum Gasteiger partial charge on any atom is 0.337 e. The number of anilines is 1. The Morgan fingerprint density at radius 1 is 1.07 bits per heavy atom. The van der Waals surface area contributed by atoms with Gasteiger partial charge in [-0.1, -0.05) is 25.5 Å². The van der Waals surface area contributed by atoms with Crippen LogP contribution in [0.15, 0.2) is 81.4 Å². The number of carboxylic acid groups (broad SMARTS) is 1. The van der Waals surface area contributed by atoms with Gasteiger partial charge in [-0.15, -0.1) is 0 Å². The molecule has 5 unspecified atom stereocenters. The van der Waals surface area contributed by atoms with Gasteiger partial charge in [0.05, 0.1) is 28.5 Å². The van der Waals surface area contributed by atoms with Crippen molar-refractivity contribution in [1.82, 2.24) is 0 Å². The summed E-state index contributed by atoms with van der Waals surface area (Å²) in [4.78, 5) is 55.3. The molecular weight excluding hydrogens is 534 g/mol. The number of carboxylic acids is 1. The second-order valence-corrected chi connectivity index (χ2v) is 10.6. The highest BCUT2D eigenvalue weighted by molar-refractivity contribution is 6.34. The fraction of sp³-hybridized carbons (Fsp3) is 0.333. The van der Waals surface area contributed by atoms with E-state index in [0.29, 0.717) is 29.9 Å². The van der Waals surface area contributed by atoms with Crippen LogP contribution >= 0.6 is 0 Å². The molecule has 0 bridgehead atoms. The van der Waals surface area contributed by atoms with E-state index in [9.17, 15) is 39.6 Å². The molecule has 5 atom stereocenters. The zero-order valence-corrected chi connectivity index (χ0v) is 22.4. The monoisotopic (exact) mass is 561 g/mol. The minimum atomic E-state index is -2.54. The van der Waals surface area contributed by atoms with Crippen molar-refractivity contribution in [2.24, 2.45) is 0 Å². The van der Waals surface area contributed by atoms with Gasteiger partial charge in [-0.2, -0.15) is 0 Å². The van der Waals surface area contributed by atoms with Crippen molar-refractivity contribution >= 4 is 29.0 Å². The number of fused-ring (bicyclic) bond motifs is 4. The first-order chi connectivity index (χ1) is 19.4. The van der Waals surface area contributed by atoms with Crippen LogP contribution in [0.2, 0.25) is 0 Å². The van der Waals surface area contributed by atoms with Crippen molar-refractivity contribution in [3.8, 4) is 0 Å². The summed E-state index contributed by atoms with van der Waals surface area (Å²) in [6.07, 6.45) is -2.62. The SMILES string of the molecule is CCCC1=C2C(=O)C3=CC(=O)C4=C(OC5OC(C)C(O)C(O)C45O)C(=O)C3=C2C=C(C)N1c1ccccc1C(=O)O. The molecule has 5 aliphatic rings. The number of aliphatic hydroxyl groups is 3. The predicted molar refractivity (Wildman–Crippen MR) is 141 cm³/mol. The Labute approximate surface area is 234 Å². The molecule has 41 heavy (non-hydrogen) atoms. The third-order valence-electron chi connectivity index (χ3n) is 8.17. The summed E-state index contributed by atoms with van der Waals surface area (Å²) in [5.41, 5.74) is -1.63. The summed E-state index contributed by atoms with van der Waals surface area (Å²) < 4.78 is 11.2. The number of aromatic carboxylic acids is 1. The van der Waals surface area contributed by atoms with Crippen LogP contribution < -0.4 is 4.90 Å². The predicted octanol–water partition coefficient (Wildman–Crippen LogP) is 1.60. The molecule has 4 N–H and O–H groups in total. The van der Waals surface area contributed by atoms with E-state index >= 15 is 0 Å². The Hall–Kier alpha value is -4.16. The lowest BCUT2D eigenvalue weighted by Crippen LogP contribution is -2.65. The summed E-state index contributed by atoms with van der Waals surface area (Å²) >= 11 is 0. The Bertz CT molecular complexity index is 1620. The van der Waals surface area contributed by atoms with E-state index in [1.165, 1.54) is 13.0 Å². The molecule has 212 valence electrons. The van der Waals surface area contributed by atoms with Crippen molar-refractivity contribution in [3.05, 3.63) is 87.0 Å². The Kier molecular flexibility index (Phi) is 6.05. The van der Waals surface area contributed by atoms with Crippen LogP contribution in [0.1, 0.15) is 44.0 Å². The molecule has 3 heterocycles. The third-order valence-corrected chi connectivity index (χ3v) is 8.17. The van der Waals surface area contributed by atoms with E-state index in [1.54, 1.807) is 36.1 Å². The first-order valence-corrected chi connectivity index (χ1v) is 13.2. The normalized spacial score (nSPS) is 30.9. The molecule has 0 saturated carbocycles. The number of carbonyl (C=O) groups is 4. The molecule has 11 heteroatoms. The van der Waals surface area contributed by atoms with Crippen molar-refractivity contribution < 1.29 is 49.1 Å². The summed E-state index contributed by atoms with van der Waals surface area (Å²) in [5.74, 6) is -4.11. The van der Waals surface area contributed by atoms with Crippen LogP contribution in [-0.4, -0.2) is 73.9 Å². The fourth-order valence-corrected chi connectivity index (χ4v) is 6.27. The maximum absolute atomic E-state index is 14.0. The number of hydrogen-bond donors (Lipinski definition) is 4. The number of Topliss-reactive ketones (excluding diaryl/α,β-unsaturated/α-hetero) is 2. The van der Waals surface area contributed by atoms with Crippen LogP contribution in [-0.2, 0) is 23.9 Å². The largest absolute Gasteiger partial charge is 0.478 e. The molecular formula is C30H27NO10. The van der Waals surface area contributed by atoms with E-state index in [2.05, 4.69) is 0 Å². The van der Waals surface area contributed by atoms with Crippen LogP contribution in [0.4, 0.5) is 5.69 Å². The number of aliphatic hydroxyl groups excluding tert-OH is 2. The molecule has 1 aromatic carbocycles. The summed E-state index contributed by atoms with van der Waals surface area (Å²) in [6, 6.07) is 6.38. The standard InChI is InChI=1S/C30H27NO10/c1-4-7-18-21-15(10-12(2)31(18)17-9-6-5-8-14(17)28(37)38)20-16(24(21)34)11-19(32)22-26(25(20)35)41-29-30(22,39)27(36)23(33)13(3)40-29/h5-6,8-11,13,23,27,29,33,36,39H,4,7H2,1-3H3,(H,37,38). The van der Waals surface area contributed by atoms with Crippen LogP contribution in [0.5, 0.6) is 0 Å². The second-order valence-electron chi connectivity index (χ2n) is 10.6. The number of ketones is 3. The second kappa shape index (κ2) is 9.18. The molecule has 0 aromatic heterocycles. The van der Waals surface area contributed by atoms with Gasteiger partial charge in [-0.25, -0.2) is 4.79 Å². The highest BCUT2D eigenvalue weighted by Gasteiger charge is 2.65. The molecule has 2 aliphatic carbocycles. The molecule has 1 aromatic rings. The van der Waals surface area contributed by atoms with Crippen molar-refractivity contribution in [2.75, 3.05) is 4.90 Å². The number of benzene rings is 1. The Morgan fingerprint density at radius 2 is 1.78 bits per heavy atom. The number of carbonyl (C=O) groups excluding carboxylic acids is 3. The van der Waals surface area contributed by atoms with E-state index in [0.717, 1.165) is 6.08 Å². The van der Waals surface area contributed by atoms with E-state index in [4.69, 9.17) is 9.47 Å². The Balaban J connectivity index is 1.56. The summed E-state index contributed by atoms with van der Waals surface area (Å²) in [6.45, 7) is 5.06. The number of rotatable bonds is 4. The van der Waals surface area contributed by atoms with Gasteiger partial charge in [-0.05, 0) is 44.6 Å². The number of nitrogens with zero attached hydrogens (tertiary/aromatic N) is 1. The van der Waals surface area contributed by atoms with Crippen LogP contribution in [0.25, 0.3) is 0 Å². The average molecular weight is 562 g/mol. The third kappa shape index (κ3) is 3.53. The van der Waals surface area contributed by atoms with Gasteiger partial charge in [0, 0.05) is 28.1 Å². The first kappa shape index (κ1) is 27.0. The van der Waals surface area contributed by atoms with Crippen molar-refractivity contribution in [3.63, 3.8) is 0 Å². The molecule has 1 fully saturated rings. The molecule has 3 aliphatic heterocycles. The first-order valence-electron chi connectivity index (χ1n) is 13.2. The van der Waals surface area contributed by atoms with Crippen LogP contribution in [0, 0.1) is 0 Å². The smallest absolute Gasteiger partial charge is 0.337 e. The van der Waals surface area contributed by atoms with Gasteiger partial charge in [0.2, 0.25) is 12.1 Å². The zero-order chi connectivity index (χ0) is 29.5. The summed E-state index contributed by atoms with van der Waals surface area (Å²) in [7, 11) is 0. The maximum atomic E-state index is 14.0. The molecule has 0 radical (unpaired) electrons. The van der Waals surface area contributed by atoms with Gasteiger partial charge in [0.25, 0.3) is 0 Å².